The highest BCUT2D eigenvalue weighted by Crippen LogP contribution is 2.37. The molecule has 7 amide bonds. The van der Waals surface area contributed by atoms with E-state index >= 15 is 0 Å². The maximum atomic E-state index is 14.2. The molecule has 0 saturated carbocycles. The zero-order valence-electron chi connectivity index (χ0n) is 47.8. The van der Waals surface area contributed by atoms with Crippen LogP contribution in [0.3, 0.4) is 0 Å². The van der Waals surface area contributed by atoms with Crippen molar-refractivity contribution in [3.63, 3.8) is 0 Å². The van der Waals surface area contributed by atoms with Crippen molar-refractivity contribution in [3.05, 3.63) is 120 Å². The molecule has 26 nitrogen and oxygen atoms in total. The third-order valence-electron chi connectivity index (χ3n) is 13.5. The van der Waals surface area contributed by atoms with Gasteiger partial charge in [-0.1, -0.05) is 29.0 Å². The maximum Gasteiger partial charge on any atom is 0.412 e. The van der Waals surface area contributed by atoms with Crippen molar-refractivity contribution in [2.24, 2.45) is 28.2 Å². The molecule has 0 radical (unpaired) electrons. The molecule has 0 aliphatic carbocycles. The van der Waals surface area contributed by atoms with Gasteiger partial charge in [0.1, 0.15) is 28.7 Å². The zero-order valence-corrected chi connectivity index (χ0v) is 49.4. The van der Waals surface area contributed by atoms with Crippen LogP contribution in [0.2, 0.25) is 0 Å². The number of amides is 7. The van der Waals surface area contributed by atoms with Crippen molar-refractivity contribution in [2.75, 3.05) is 100.0 Å². The number of aryl methyl sites for hydroxylation is 4. The Morgan fingerprint density at radius 2 is 1.44 bits per heavy atom. The van der Waals surface area contributed by atoms with Crippen LogP contribution in [0.1, 0.15) is 78.1 Å². The predicted octanol–water partition coefficient (Wildman–Crippen LogP) is 5.66. The average molecular weight is 1190 g/mol. The highest BCUT2D eigenvalue weighted by atomic mass is 33.1. The van der Waals surface area contributed by atoms with E-state index in [0.29, 0.717) is 48.0 Å². The number of nitrogens with zero attached hydrogens (tertiary/aromatic N) is 9. The lowest BCUT2D eigenvalue weighted by molar-refractivity contribution is -0.116. The van der Waals surface area contributed by atoms with Crippen LogP contribution in [0.15, 0.2) is 96.7 Å². The van der Waals surface area contributed by atoms with Crippen LogP contribution >= 0.6 is 21.6 Å². The molecule has 2 saturated heterocycles. The van der Waals surface area contributed by atoms with Crippen LogP contribution in [0.5, 0.6) is 11.5 Å². The summed E-state index contributed by atoms with van der Waals surface area (Å²) in [6.45, 7) is 6.53. The number of benzene rings is 1. The third-order valence-corrected chi connectivity index (χ3v) is 15.7. The number of carbonyl (C=O) groups excluding carboxylic acids is 7. The number of imidazole rings is 1. The third kappa shape index (κ3) is 15.5. The molecular weight excluding hydrogens is 1120 g/mol. The molecule has 2 aliphatic rings. The fraction of sp³-hybridized carbons (Fsp3) is 0.375. The van der Waals surface area contributed by atoms with Gasteiger partial charge in [-0.2, -0.15) is 0 Å². The first-order valence-corrected chi connectivity index (χ1v) is 29.1. The molecular formula is C56H69N15O11S2. The lowest BCUT2D eigenvalue weighted by atomic mass is 10.1. The van der Waals surface area contributed by atoms with Crippen molar-refractivity contribution < 1.29 is 52.5 Å². The van der Waals surface area contributed by atoms with E-state index in [0.717, 1.165) is 23.6 Å². The largest absolute Gasteiger partial charge is 0.493 e. The monoisotopic (exact) mass is 1190 g/mol. The van der Waals surface area contributed by atoms with Gasteiger partial charge in [0.15, 0.2) is 23.5 Å². The molecule has 28 heteroatoms. The molecule has 8 rings (SSSR count). The van der Waals surface area contributed by atoms with Gasteiger partial charge in [0, 0.05) is 96.2 Å². The van der Waals surface area contributed by atoms with Crippen LogP contribution in [0.4, 0.5) is 33.4 Å². The number of carbonyl (C=O) groups is 7. The average Bonchev–Trinajstić information content (AvgIpc) is 4.55. The Morgan fingerprint density at radius 1 is 0.786 bits per heavy atom. The van der Waals surface area contributed by atoms with Crippen molar-refractivity contribution in [1.29, 1.82) is 0 Å². The Kier molecular flexibility index (Phi) is 20.5. The molecule has 7 heterocycles. The summed E-state index contributed by atoms with van der Waals surface area (Å²) in [5.41, 5.74) is 9.45. The highest BCUT2D eigenvalue weighted by Gasteiger charge is 2.45. The molecule has 1 unspecified atom stereocenters. The number of nitrogen functional groups attached to an aromatic ring is 1. The molecule has 0 bridgehead atoms. The van der Waals surface area contributed by atoms with E-state index in [-0.39, 0.29) is 90.9 Å². The first kappa shape index (κ1) is 61.3. The van der Waals surface area contributed by atoms with Crippen LogP contribution in [-0.4, -0.2) is 170 Å². The minimum atomic E-state index is -0.760. The second-order valence-corrected chi connectivity index (χ2v) is 22.6. The van der Waals surface area contributed by atoms with Gasteiger partial charge in [-0.25, -0.2) is 14.8 Å². The molecule has 0 spiro atoms. The molecule has 7 N–H and O–H groups in total. The van der Waals surface area contributed by atoms with Crippen molar-refractivity contribution in [1.82, 2.24) is 48.3 Å². The molecule has 5 aromatic heterocycles. The van der Waals surface area contributed by atoms with Gasteiger partial charge in [-0.15, -0.1) is 0 Å². The summed E-state index contributed by atoms with van der Waals surface area (Å²) >= 11 is 0. The Balaban J connectivity index is 0.781. The Bertz CT molecular complexity index is 3410. The number of anilines is 5. The van der Waals surface area contributed by atoms with Crippen LogP contribution < -0.4 is 41.8 Å². The van der Waals surface area contributed by atoms with Gasteiger partial charge >= 0.3 is 6.09 Å². The molecule has 2 aliphatic heterocycles. The Morgan fingerprint density at radius 3 is 2.07 bits per heavy atom. The highest BCUT2D eigenvalue weighted by molar-refractivity contribution is 8.76. The van der Waals surface area contributed by atoms with Crippen molar-refractivity contribution >= 4 is 91.7 Å². The quantitative estimate of drug-likeness (QED) is 0.0174. The first-order valence-electron chi connectivity index (χ1n) is 26.8. The van der Waals surface area contributed by atoms with Crippen molar-refractivity contribution in [3.8, 4) is 11.5 Å². The summed E-state index contributed by atoms with van der Waals surface area (Å²) < 4.78 is 29.4. The van der Waals surface area contributed by atoms with Crippen LogP contribution in [-0.2, 0) is 42.5 Å². The number of methoxy groups -OCH3 is 1. The van der Waals surface area contributed by atoms with E-state index in [1.165, 1.54) is 73.2 Å². The van der Waals surface area contributed by atoms with Gasteiger partial charge in [-0.3, -0.25) is 33.7 Å². The Labute approximate surface area is 493 Å². The number of pyridine rings is 1. The standard InChI is InChI=1S/C56H69N15O11S2/c1-34-23-43(55-70(18-20-81-55)56(78)82-21-22-83-84-48-14-9-10-15-58-48)71(29-34)54(77)38-27-44(79-8)45(28-39(38)57)80-19-11-13-47(72)63-46-33-69(7)49(64-46)53(76)62-37-26-42(68(6)32-37)52(75)61-36-25-41(67(5)31-36)51(74)60-35-24-40(66(4)30-35)50(73)59-16-12-17-65(2)3/h9-10,14-15,24-28,30-33,43,55H,1,11-13,16-23,29,57H2,2-8H3,(H,59,73)(H,60,74)(H,61,75)(H,62,76)(H,63,72)/t43-,55?/m0/s1. The molecule has 446 valence electrons. The number of ether oxygens (including phenoxy) is 4. The molecule has 2 atom stereocenters. The number of nitrogens with two attached hydrogens (primary N) is 1. The second-order valence-electron chi connectivity index (χ2n) is 20.2. The molecule has 6 aromatic rings. The predicted molar refractivity (Wildman–Crippen MR) is 319 cm³/mol. The van der Waals surface area contributed by atoms with E-state index in [4.69, 9.17) is 24.7 Å². The maximum absolute atomic E-state index is 14.2. The summed E-state index contributed by atoms with van der Waals surface area (Å²) in [4.78, 5) is 107. The summed E-state index contributed by atoms with van der Waals surface area (Å²) in [5.74, 6) is -1.48. The normalized spacial score (nSPS) is 14.8. The Hall–Kier alpha value is -8.73. The number of hydrogen-bond donors (Lipinski definition) is 6. The number of likely N-dealkylation sites (tertiary alicyclic amines) is 1. The van der Waals surface area contributed by atoms with Crippen molar-refractivity contribution in [2.45, 2.75) is 43.0 Å². The molecule has 2 fully saturated rings. The van der Waals surface area contributed by atoms with E-state index in [1.54, 1.807) is 73.1 Å². The summed E-state index contributed by atoms with van der Waals surface area (Å²) in [7, 11) is 15.0. The molecule has 84 heavy (non-hydrogen) atoms. The van der Waals surface area contributed by atoms with Gasteiger partial charge in [-0.05, 0) is 87.1 Å². The summed E-state index contributed by atoms with van der Waals surface area (Å²) in [6, 6.07) is 12.7. The lowest BCUT2D eigenvalue weighted by Gasteiger charge is -2.33. The van der Waals surface area contributed by atoms with Gasteiger partial charge in [0.25, 0.3) is 29.5 Å². The zero-order chi connectivity index (χ0) is 60.2. The number of rotatable bonds is 25. The second kappa shape index (κ2) is 28.0. The van der Waals surface area contributed by atoms with E-state index in [9.17, 15) is 33.6 Å². The SMILES string of the molecule is C=C1C[C@@H](C2OCCN2C(=O)OCCSSc2ccccn2)N(C(=O)c2cc(OC)c(OCCCC(=O)Nc3cn(C)c(C(=O)Nc4cc(C(=O)Nc5cc(C(=O)Nc6cc(C(=O)NCCCN(C)C)n(C)c6)n(C)c5)n(C)c4)n3)cc2N)C1. The van der Waals surface area contributed by atoms with Crippen LogP contribution in [0.25, 0.3) is 0 Å². The number of aromatic nitrogens is 6. The topological polar surface area (TPSA) is 298 Å². The minimum Gasteiger partial charge on any atom is -0.493 e. The van der Waals surface area contributed by atoms with E-state index < -0.39 is 47.9 Å². The smallest absolute Gasteiger partial charge is 0.412 e. The van der Waals surface area contributed by atoms with Gasteiger partial charge in [0.05, 0.1) is 55.5 Å². The van der Waals surface area contributed by atoms with Crippen LogP contribution in [0, 0.1) is 0 Å². The van der Waals surface area contributed by atoms with E-state index in [1.807, 2.05) is 37.2 Å². The van der Waals surface area contributed by atoms with Gasteiger partial charge in [0.2, 0.25) is 11.7 Å². The lowest BCUT2D eigenvalue weighted by Crippen LogP contribution is -2.51. The fourth-order valence-electron chi connectivity index (χ4n) is 9.44. The first-order chi connectivity index (χ1) is 40.3. The summed E-state index contributed by atoms with van der Waals surface area (Å²) in [6.07, 6.45) is 8.17. The summed E-state index contributed by atoms with van der Waals surface area (Å²) in [5, 5.41) is 14.8. The number of hydrogen-bond acceptors (Lipinski definition) is 17. The van der Waals surface area contributed by atoms with E-state index in [2.05, 4.69) is 43.1 Å². The number of nitrogens with one attached hydrogen (secondary N) is 5. The fourth-order valence-corrected chi connectivity index (χ4v) is 11.1. The van der Waals surface area contributed by atoms with Gasteiger partial charge < -0.3 is 79.3 Å². The molecule has 1 aromatic carbocycles. The minimum absolute atomic E-state index is 0.0184.